The highest BCUT2D eigenvalue weighted by atomic mass is 16.4. The van der Waals surface area contributed by atoms with Gasteiger partial charge >= 0.3 is 11.9 Å². The van der Waals surface area contributed by atoms with Crippen LogP contribution >= 0.6 is 0 Å². The second-order valence-corrected chi connectivity index (χ2v) is 7.03. The van der Waals surface area contributed by atoms with Crippen molar-refractivity contribution in [2.24, 2.45) is 22.2 Å². The fourth-order valence-electron chi connectivity index (χ4n) is 5.51. The van der Waals surface area contributed by atoms with E-state index in [-0.39, 0.29) is 5.41 Å². The Morgan fingerprint density at radius 3 is 1.89 bits per heavy atom. The summed E-state index contributed by atoms with van der Waals surface area (Å²) in [5, 5.41) is 19.2. The van der Waals surface area contributed by atoms with E-state index in [0.717, 1.165) is 12.8 Å². The molecule has 0 radical (unpaired) electrons. The molecule has 4 aliphatic rings. The number of carboxylic acids is 2. The third kappa shape index (κ3) is 1.32. The fraction of sp³-hybridized carbons (Fsp3) is 0.857. The van der Waals surface area contributed by atoms with E-state index in [0.29, 0.717) is 38.0 Å². The molecule has 4 aliphatic carbocycles. The van der Waals surface area contributed by atoms with Crippen molar-refractivity contribution in [1.29, 1.82) is 0 Å². The van der Waals surface area contributed by atoms with Gasteiger partial charge in [0.2, 0.25) is 0 Å². The molecule has 4 bridgehead atoms. The van der Waals surface area contributed by atoms with Crippen LogP contribution in [0.5, 0.6) is 0 Å². The molecule has 4 rings (SSSR count). The first-order valence-corrected chi connectivity index (χ1v) is 6.82. The molecule has 0 aromatic carbocycles. The molecule has 0 aromatic rings. The Morgan fingerprint density at radius 2 is 1.50 bits per heavy atom. The van der Waals surface area contributed by atoms with Crippen LogP contribution in [0.15, 0.2) is 0 Å². The minimum atomic E-state index is -0.768. The van der Waals surface area contributed by atoms with Crippen LogP contribution in [0.2, 0.25) is 0 Å². The Hall–Kier alpha value is -1.06. The quantitative estimate of drug-likeness (QED) is 0.809. The number of carboxylic acid groups (broad SMARTS) is 2. The molecular weight excluding hydrogens is 232 g/mol. The average molecular weight is 252 g/mol. The topological polar surface area (TPSA) is 74.6 Å². The summed E-state index contributed by atoms with van der Waals surface area (Å²) in [7, 11) is 0. The highest BCUT2D eigenvalue weighted by Crippen LogP contribution is 2.70. The number of hydrogen-bond acceptors (Lipinski definition) is 2. The van der Waals surface area contributed by atoms with Gasteiger partial charge in [0.05, 0.1) is 10.8 Å². The molecule has 4 heteroatoms. The summed E-state index contributed by atoms with van der Waals surface area (Å²) < 4.78 is 0. The zero-order chi connectivity index (χ0) is 13.2. The lowest BCUT2D eigenvalue weighted by Gasteiger charge is -2.63. The summed E-state index contributed by atoms with van der Waals surface area (Å²) in [6.07, 6.45) is 5.07. The van der Waals surface area contributed by atoms with Gasteiger partial charge in [0.25, 0.3) is 0 Å². The van der Waals surface area contributed by atoms with Crippen molar-refractivity contribution in [3.05, 3.63) is 0 Å². The molecule has 0 heterocycles. The summed E-state index contributed by atoms with van der Waals surface area (Å²) in [6.45, 7) is 2.08. The second kappa shape index (κ2) is 3.28. The van der Waals surface area contributed by atoms with Crippen molar-refractivity contribution in [3.8, 4) is 0 Å². The van der Waals surface area contributed by atoms with E-state index in [9.17, 15) is 19.8 Å². The van der Waals surface area contributed by atoms with Crippen LogP contribution in [0.3, 0.4) is 0 Å². The van der Waals surface area contributed by atoms with Crippen molar-refractivity contribution in [2.45, 2.75) is 51.9 Å². The summed E-state index contributed by atoms with van der Waals surface area (Å²) in [4.78, 5) is 23.4. The SMILES string of the molecule is CCC12CC3CC(C(=O)O)(C1)CC(C(=O)O)(C3)C2. The Kier molecular flexibility index (Phi) is 2.19. The minimum Gasteiger partial charge on any atom is -0.481 e. The van der Waals surface area contributed by atoms with Gasteiger partial charge < -0.3 is 10.2 Å². The van der Waals surface area contributed by atoms with Crippen LogP contribution in [0.4, 0.5) is 0 Å². The van der Waals surface area contributed by atoms with Gasteiger partial charge in [-0.25, -0.2) is 0 Å². The molecular formula is C14H20O4. The lowest BCUT2D eigenvalue weighted by atomic mass is 9.39. The zero-order valence-corrected chi connectivity index (χ0v) is 10.7. The summed E-state index contributed by atoms with van der Waals surface area (Å²) in [5.41, 5.74) is -1.54. The normalized spacial score (nSPS) is 49.3. The number of aliphatic carboxylic acids is 2. The highest BCUT2D eigenvalue weighted by molar-refractivity contribution is 5.81. The maximum Gasteiger partial charge on any atom is 0.309 e. The Bertz CT molecular complexity index is 398. The van der Waals surface area contributed by atoms with E-state index in [1.807, 2.05) is 0 Å². The molecule has 0 aromatic heterocycles. The van der Waals surface area contributed by atoms with E-state index >= 15 is 0 Å². The van der Waals surface area contributed by atoms with Gasteiger partial charge in [-0.3, -0.25) is 9.59 Å². The molecule has 0 spiro atoms. The van der Waals surface area contributed by atoms with Gasteiger partial charge in [0, 0.05) is 0 Å². The predicted molar refractivity (Wildman–Crippen MR) is 64.1 cm³/mol. The molecule has 4 fully saturated rings. The molecule has 0 saturated heterocycles. The Labute approximate surface area is 106 Å². The average Bonchev–Trinajstić information content (AvgIpc) is 2.27. The van der Waals surface area contributed by atoms with E-state index in [2.05, 4.69) is 6.92 Å². The molecule has 18 heavy (non-hydrogen) atoms. The maximum absolute atomic E-state index is 11.7. The van der Waals surface area contributed by atoms with Gasteiger partial charge in [0.15, 0.2) is 0 Å². The molecule has 2 atom stereocenters. The van der Waals surface area contributed by atoms with Gasteiger partial charge in [-0.1, -0.05) is 13.3 Å². The van der Waals surface area contributed by atoms with Crippen LogP contribution in [-0.4, -0.2) is 22.2 Å². The molecule has 2 unspecified atom stereocenters. The maximum atomic E-state index is 11.7. The first-order valence-electron chi connectivity index (χ1n) is 6.82. The Morgan fingerprint density at radius 1 is 1.00 bits per heavy atom. The third-order valence-corrected chi connectivity index (χ3v) is 5.84. The number of rotatable bonds is 3. The van der Waals surface area contributed by atoms with Gasteiger partial charge in [-0.2, -0.15) is 0 Å². The van der Waals surface area contributed by atoms with Crippen molar-refractivity contribution >= 4 is 11.9 Å². The van der Waals surface area contributed by atoms with Crippen molar-refractivity contribution < 1.29 is 19.8 Å². The van der Waals surface area contributed by atoms with E-state index in [1.54, 1.807) is 0 Å². The van der Waals surface area contributed by atoms with Crippen LogP contribution < -0.4 is 0 Å². The fourth-order valence-corrected chi connectivity index (χ4v) is 5.51. The molecule has 4 saturated carbocycles. The minimum absolute atomic E-state index is 0.0316. The highest BCUT2D eigenvalue weighted by Gasteiger charge is 2.67. The third-order valence-electron chi connectivity index (χ3n) is 5.84. The smallest absolute Gasteiger partial charge is 0.309 e. The van der Waals surface area contributed by atoms with Gasteiger partial charge in [0.1, 0.15) is 0 Å². The van der Waals surface area contributed by atoms with Crippen molar-refractivity contribution in [1.82, 2.24) is 0 Å². The van der Waals surface area contributed by atoms with Crippen molar-refractivity contribution in [3.63, 3.8) is 0 Å². The lowest BCUT2D eigenvalue weighted by Crippen LogP contribution is -2.61. The second-order valence-electron chi connectivity index (χ2n) is 7.03. The van der Waals surface area contributed by atoms with E-state index < -0.39 is 22.8 Å². The summed E-state index contributed by atoms with van der Waals surface area (Å²) in [6, 6.07) is 0. The van der Waals surface area contributed by atoms with Crippen molar-refractivity contribution in [2.75, 3.05) is 0 Å². The van der Waals surface area contributed by atoms with E-state index in [4.69, 9.17) is 0 Å². The van der Waals surface area contributed by atoms with Gasteiger partial charge in [-0.15, -0.1) is 0 Å². The number of carbonyl (C=O) groups is 2. The first-order chi connectivity index (χ1) is 8.35. The van der Waals surface area contributed by atoms with Crippen LogP contribution in [0, 0.1) is 22.2 Å². The molecule has 2 N–H and O–H groups in total. The van der Waals surface area contributed by atoms with Crippen LogP contribution in [0.25, 0.3) is 0 Å². The zero-order valence-electron chi connectivity index (χ0n) is 10.7. The van der Waals surface area contributed by atoms with Crippen LogP contribution in [0.1, 0.15) is 51.9 Å². The molecule has 0 aliphatic heterocycles. The van der Waals surface area contributed by atoms with E-state index in [1.165, 1.54) is 0 Å². The lowest BCUT2D eigenvalue weighted by molar-refractivity contribution is -0.202. The summed E-state index contributed by atoms with van der Waals surface area (Å²) in [5.74, 6) is -1.24. The largest absolute Gasteiger partial charge is 0.481 e. The molecule has 0 amide bonds. The molecule has 100 valence electrons. The monoisotopic (exact) mass is 252 g/mol. The number of hydrogen-bond donors (Lipinski definition) is 2. The Balaban J connectivity index is 2.09. The first kappa shape index (κ1) is 12.0. The summed E-state index contributed by atoms with van der Waals surface area (Å²) >= 11 is 0. The molecule has 4 nitrogen and oxygen atoms in total. The standard InChI is InChI=1S/C14H20O4/c1-2-12-3-9-4-13(6-12,10(15)16)8-14(5-9,7-12)11(17)18/h9H,2-8H2,1H3,(H,15,16)(H,17,18). The van der Waals surface area contributed by atoms with Crippen LogP contribution in [-0.2, 0) is 9.59 Å². The van der Waals surface area contributed by atoms with Gasteiger partial charge in [-0.05, 0) is 49.9 Å². The predicted octanol–water partition coefficient (Wildman–Crippen LogP) is 2.52.